The van der Waals surface area contributed by atoms with Crippen molar-refractivity contribution in [2.24, 2.45) is 5.92 Å². The molecule has 1 unspecified atom stereocenters. The van der Waals surface area contributed by atoms with Crippen molar-refractivity contribution in [2.45, 2.75) is 26.3 Å². The number of aromatic nitrogens is 3. The van der Waals surface area contributed by atoms with Crippen molar-refractivity contribution >= 4 is 11.7 Å². The van der Waals surface area contributed by atoms with E-state index in [1.165, 1.54) is 6.42 Å². The van der Waals surface area contributed by atoms with Crippen molar-refractivity contribution in [2.75, 3.05) is 18.4 Å². The van der Waals surface area contributed by atoms with Gasteiger partial charge in [0.1, 0.15) is 5.82 Å². The van der Waals surface area contributed by atoms with Gasteiger partial charge in [-0.25, -0.2) is 0 Å². The van der Waals surface area contributed by atoms with E-state index in [0.29, 0.717) is 24.0 Å². The Balaban J connectivity index is 1.59. The number of likely N-dealkylation sites (tertiary alicyclic amines) is 1. The fourth-order valence-electron chi connectivity index (χ4n) is 2.76. The van der Waals surface area contributed by atoms with Crippen LogP contribution in [0.5, 0.6) is 0 Å². The maximum absolute atomic E-state index is 12.4. The van der Waals surface area contributed by atoms with E-state index in [1.807, 2.05) is 23.1 Å². The van der Waals surface area contributed by atoms with Gasteiger partial charge in [-0.2, -0.15) is 0 Å². The first-order valence-electron chi connectivity index (χ1n) is 7.99. The third kappa shape index (κ3) is 4.03. The van der Waals surface area contributed by atoms with Crippen molar-refractivity contribution in [3.05, 3.63) is 47.9 Å². The molecule has 1 atom stereocenters. The van der Waals surface area contributed by atoms with Gasteiger partial charge in [0.2, 0.25) is 0 Å². The Morgan fingerprint density at radius 3 is 2.91 bits per heavy atom. The van der Waals surface area contributed by atoms with E-state index in [0.717, 1.165) is 25.2 Å². The smallest absolute Gasteiger partial charge is 0.274 e. The predicted octanol–water partition coefficient (Wildman–Crippen LogP) is 2.36. The molecule has 3 heterocycles. The lowest BCUT2D eigenvalue weighted by Gasteiger charge is -2.30. The molecule has 0 aliphatic carbocycles. The summed E-state index contributed by atoms with van der Waals surface area (Å²) in [6.07, 6.45) is 4.00. The highest BCUT2D eigenvalue weighted by Gasteiger charge is 2.23. The molecule has 1 aliphatic heterocycles. The molecule has 0 bridgehead atoms. The number of nitrogens with zero attached hydrogens (tertiary/aromatic N) is 4. The Kier molecular flexibility index (Phi) is 4.80. The molecular formula is C17H21N5O. The summed E-state index contributed by atoms with van der Waals surface area (Å²) in [6.45, 7) is 4.37. The zero-order chi connectivity index (χ0) is 16.1. The van der Waals surface area contributed by atoms with Crippen LogP contribution in [0.4, 0.5) is 5.82 Å². The second kappa shape index (κ2) is 7.17. The van der Waals surface area contributed by atoms with E-state index in [4.69, 9.17) is 0 Å². The Hall–Kier alpha value is -2.50. The fourth-order valence-corrected chi connectivity index (χ4v) is 2.76. The molecule has 3 rings (SSSR count). The highest BCUT2D eigenvalue weighted by atomic mass is 16.2. The number of pyridine rings is 1. The lowest BCUT2D eigenvalue weighted by Crippen LogP contribution is -2.39. The summed E-state index contributed by atoms with van der Waals surface area (Å²) in [5.41, 5.74) is 1.33. The van der Waals surface area contributed by atoms with Crippen LogP contribution in [0.1, 0.15) is 35.9 Å². The van der Waals surface area contributed by atoms with Gasteiger partial charge in [-0.05, 0) is 43.0 Å². The molecule has 6 heteroatoms. The maximum atomic E-state index is 12.4. The van der Waals surface area contributed by atoms with Crippen molar-refractivity contribution in [3.63, 3.8) is 0 Å². The number of amides is 1. The first-order chi connectivity index (χ1) is 11.2. The number of carbonyl (C=O) groups excluding carboxylic acids is 1. The van der Waals surface area contributed by atoms with Gasteiger partial charge in [-0.3, -0.25) is 9.78 Å². The van der Waals surface area contributed by atoms with Gasteiger partial charge in [-0.1, -0.05) is 13.0 Å². The second-order valence-corrected chi connectivity index (χ2v) is 5.98. The van der Waals surface area contributed by atoms with E-state index in [-0.39, 0.29) is 5.91 Å². The Labute approximate surface area is 136 Å². The predicted molar refractivity (Wildman–Crippen MR) is 87.9 cm³/mol. The summed E-state index contributed by atoms with van der Waals surface area (Å²) in [5.74, 6) is 1.17. The largest absolute Gasteiger partial charge is 0.363 e. The van der Waals surface area contributed by atoms with Crippen molar-refractivity contribution in [1.82, 2.24) is 20.1 Å². The monoisotopic (exact) mass is 311 g/mol. The topological polar surface area (TPSA) is 71.0 Å². The summed E-state index contributed by atoms with van der Waals surface area (Å²) >= 11 is 0. The molecule has 0 saturated carbocycles. The third-order valence-corrected chi connectivity index (χ3v) is 4.00. The zero-order valence-corrected chi connectivity index (χ0v) is 13.3. The van der Waals surface area contributed by atoms with Gasteiger partial charge in [0.15, 0.2) is 5.69 Å². The van der Waals surface area contributed by atoms with Gasteiger partial charge in [0.25, 0.3) is 5.91 Å². The molecular weight excluding hydrogens is 290 g/mol. The lowest BCUT2D eigenvalue weighted by atomic mass is 10.00. The molecule has 0 radical (unpaired) electrons. The Bertz CT molecular complexity index is 644. The van der Waals surface area contributed by atoms with Crippen LogP contribution in [0.15, 0.2) is 36.5 Å². The first kappa shape index (κ1) is 15.4. The molecule has 120 valence electrons. The molecule has 23 heavy (non-hydrogen) atoms. The average Bonchev–Trinajstić information content (AvgIpc) is 2.61. The number of anilines is 1. The molecule has 1 aliphatic rings. The number of hydrogen-bond acceptors (Lipinski definition) is 5. The molecule has 6 nitrogen and oxygen atoms in total. The van der Waals surface area contributed by atoms with E-state index < -0.39 is 0 Å². The second-order valence-electron chi connectivity index (χ2n) is 5.98. The Morgan fingerprint density at radius 2 is 2.22 bits per heavy atom. The summed E-state index contributed by atoms with van der Waals surface area (Å²) in [6, 6.07) is 9.28. The van der Waals surface area contributed by atoms with Gasteiger partial charge in [0.05, 0.1) is 12.2 Å². The normalized spacial score (nSPS) is 17.8. The summed E-state index contributed by atoms with van der Waals surface area (Å²) in [4.78, 5) is 18.5. The molecule has 1 amide bonds. The van der Waals surface area contributed by atoms with Crippen LogP contribution < -0.4 is 5.32 Å². The molecule has 1 N–H and O–H groups in total. The highest BCUT2D eigenvalue weighted by Crippen LogP contribution is 2.17. The molecule has 1 fully saturated rings. The van der Waals surface area contributed by atoms with E-state index in [9.17, 15) is 4.79 Å². The Morgan fingerprint density at radius 1 is 1.30 bits per heavy atom. The van der Waals surface area contributed by atoms with Crippen LogP contribution in [0.2, 0.25) is 0 Å². The fraction of sp³-hybridized carbons (Fsp3) is 0.412. The number of hydrogen-bond donors (Lipinski definition) is 1. The van der Waals surface area contributed by atoms with Gasteiger partial charge in [-0.15, -0.1) is 10.2 Å². The van der Waals surface area contributed by atoms with Gasteiger partial charge >= 0.3 is 0 Å². The summed E-state index contributed by atoms with van der Waals surface area (Å²) in [7, 11) is 0. The SMILES string of the molecule is CC1CCCN(C(=O)c2ccc(NCc3ccccn3)nn2)C1. The van der Waals surface area contributed by atoms with Crippen molar-refractivity contribution in [3.8, 4) is 0 Å². The number of piperidine rings is 1. The van der Waals surface area contributed by atoms with Crippen molar-refractivity contribution in [1.29, 1.82) is 0 Å². The number of carbonyl (C=O) groups is 1. The highest BCUT2D eigenvalue weighted by molar-refractivity contribution is 5.92. The minimum Gasteiger partial charge on any atom is -0.363 e. The van der Waals surface area contributed by atoms with E-state index >= 15 is 0 Å². The molecule has 0 aromatic carbocycles. The average molecular weight is 311 g/mol. The zero-order valence-electron chi connectivity index (χ0n) is 13.3. The number of rotatable bonds is 4. The van der Waals surface area contributed by atoms with Crippen LogP contribution >= 0.6 is 0 Å². The maximum Gasteiger partial charge on any atom is 0.274 e. The molecule has 2 aromatic rings. The standard InChI is InChI=1S/C17H21N5O/c1-13-5-4-10-22(12-13)17(23)15-7-8-16(21-20-15)19-11-14-6-2-3-9-18-14/h2-3,6-9,13H,4-5,10-12H2,1H3,(H,19,21). The minimum atomic E-state index is -0.0275. The quantitative estimate of drug-likeness (QED) is 0.938. The summed E-state index contributed by atoms with van der Waals surface area (Å²) in [5, 5.41) is 11.3. The van der Waals surface area contributed by atoms with Gasteiger partial charge in [0, 0.05) is 19.3 Å². The molecule has 2 aromatic heterocycles. The van der Waals surface area contributed by atoms with Crippen LogP contribution in [0.25, 0.3) is 0 Å². The molecule has 0 spiro atoms. The van der Waals surface area contributed by atoms with Crippen LogP contribution in [0.3, 0.4) is 0 Å². The van der Waals surface area contributed by atoms with E-state index in [2.05, 4.69) is 27.4 Å². The van der Waals surface area contributed by atoms with Gasteiger partial charge < -0.3 is 10.2 Å². The third-order valence-electron chi connectivity index (χ3n) is 4.00. The molecule has 1 saturated heterocycles. The van der Waals surface area contributed by atoms with Crippen LogP contribution in [-0.4, -0.2) is 39.1 Å². The van der Waals surface area contributed by atoms with Crippen molar-refractivity contribution < 1.29 is 4.79 Å². The first-order valence-corrected chi connectivity index (χ1v) is 7.99. The number of nitrogens with one attached hydrogen (secondary N) is 1. The van der Waals surface area contributed by atoms with E-state index in [1.54, 1.807) is 18.3 Å². The van der Waals surface area contributed by atoms with Crippen LogP contribution in [-0.2, 0) is 6.54 Å². The lowest BCUT2D eigenvalue weighted by molar-refractivity contribution is 0.0676. The van der Waals surface area contributed by atoms with Crippen LogP contribution in [0, 0.1) is 5.92 Å². The summed E-state index contributed by atoms with van der Waals surface area (Å²) < 4.78 is 0. The minimum absolute atomic E-state index is 0.0275.